The van der Waals surface area contributed by atoms with Crippen molar-refractivity contribution in [3.8, 4) is 0 Å². The largest absolute Gasteiger partial charge is 0.501 e. The molecule has 1 unspecified atom stereocenters. The third-order valence-electron chi connectivity index (χ3n) is 3.81. The van der Waals surface area contributed by atoms with E-state index in [-0.39, 0.29) is 6.54 Å². The van der Waals surface area contributed by atoms with Crippen LogP contribution in [-0.2, 0) is 14.6 Å². The highest BCUT2D eigenvalue weighted by Gasteiger charge is 2.46. The van der Waals surface area contributed by atoms with Gasteiger partial charge in [-0.3, -0.25) is 4.90 Å². The summed E-state index contributed by atoms with van der Waals surface area (Å²) in [5, 5.41) is 13.3. The van der Waals surface area contributed by atoms with Gasteiger partial charge in [0.25, 0.3) is 9.84 Å². The summed E-state index contributed by atoms with van der Waals surface area (Å²) >= 11 is 0. The second-order valence-electron chi connectivity index (χ2n) is 6.21. The average Bonchev–Trinajstić information content (AvgIpc) is 2.53. The molecule has 1 saturated heterocycles. The smallest absolute Gasteiger partial charge is 0.387 e. The molecule has 1 aliphatic heterocycles. The Morgan fingerprint density at radius 2 is 1.76 bits per heavy atom. The van der Waals surface area contributed by atoms with Crippen LogP contribution >= 0.6 is 0 Å². The average molecular weight is 382 g/mol. The van der Waals surface area contributed by atoms with Gasteiger partial charge >= 0.3 is 5.51 Å². The molecule has 0 spiro atoms. The topological polar surface area (TPSA) is 78.9 Å². The molecule has 2 N–H and O–H groups in total. The minimum absolute atomic E-state index is 0.162. The van der Waals surface area contributed by atoms with Crippen molar-refractivity contribution >= 4 is 15.5 Å². The van der Waals surface area contributed by atoms with Crippen LogP contribution in [0.1, 0.15) is 6.92 Å². The Balaban J connectivity index is 1.95. The second-order valence-corrected chi connectivity index (χ2v) is 8.15. The van der Waals surface area contributed by atoms with Crippen molar-refractivity contribution in [3.63, 3.8) is 0 Å². The Labute approximate surface area is 144 Å². The number of ether oxygens (including phenoxy) is 1. The summed E-state index contributed by atoms with van der Waals surface area (Å²) < 4.78 is 65.3. The van der Waals surface area contributed by atoms with E-state index in [4.69, 9.17) is 4.74 Å². The zero-order chi connectivity index (χ0) is 18.7. The number of alkyl halides is 3. The van der Waals surface area contributed by atoms with Crippen molar-refractivity contribution in [1.29, 1.82) is 0 Å². The fourth-order valence-electron chi connectivity index (χ4n) is 2.47. The Morgan fingerprint density at radius 3 is 2.28 bits per heavy atom. The maximum Gasteiger partial charge on any atom is 0.501 e. The molecule has 1 atom stereocenters. The lowest BCUT2D eigenvalue weighted by atomic mass is 10.1. The van der Waals surface area contributed by atoms with E-state index < -0.39 is 25.8 Å². The van der Waals surface area contributed by atoms with Crippen LogP contribution in [0.3, 0.4) is 0 Å². The van der Waals surface area contributed by atoms with Gasteiger partial charge in [-0.2, -0.15) is 13.2 Å². The molecule has 0 bridgehead atoms. The van der Waals surface area contributed by atoms with E-state index in [1.165, 1.54) is 12.1 Å². The van der Waals surface area contributed by atoms with Crippen molar-refractivity contribution in [2.24, 2.45) is 0 Å². The molecule has 1 aromatic rings. The van der Waals surface area contributed by atoms with Gasteiger partial charge in [0.1, 0.15) is 0 Å². The van der Waals surface area contributed by atoms with Gasteiger partial charge in [-0.25, -0.2) is 8.42 Å². The van der Waals surface area contributed by atoms with Gasteiger partial charge in [0.2, 0.25) is 0 Å². The van der Waals surface area contributed by atoms with Gasteiger partial charge < -0.3 is 15.2 Å². The van der Waals surface area contributed by atoms with Gasteiger partial charge in [0.15, 0.2) is 0 Å². The summed E-state index contributed by atoms with van der Waals surface area (Å²) in [6.07, 6.45) is 0. The first-order chi connectivity index (χ1) is 11.5. The van der Waals surface area contributed by atoms with E-state index in [1.807, 2.05) is 0 Å². The number of benzene rings is 1. The van der Waals surface area contributed by atoms with Crippen molar-refractivity contribution in [2.45, 2.75) is 22.9 Å². The standard InChI is InChI=1S/C15H21F3N2O4S/c1-14(21,11-20-6-8-24-9-7-20)10-19-12-2-4-13(5-3-12)25(22,23)15(16,17)18/h2-5,19,21H,6-11H2,1H3. The van der Waals surface area contributed by atoms with Gasteiger partial charge in [-0.15, -0.1) is 0 Å². The number of anilines is 1. The van der Waals surface area contributed by atoms with Crippen LogP contribution < -0.4 is 5.32 Å². The molecule has 0 amide bonds. The van der Waals surface area contributed by atoms with Crippen molar-refractivity contribution in [2.75, 3.05) is 44.7 Å². The third kappa shape index (κ3) is 5.30. The Morgan fingerprint density at radius 1 is 1.20 bits per heavy atom. The third-order valence-corrected chi connectivity index (χ3v) is 5.31. The quantitative estimate of drug-likeness (QED) is 0.776. The van der Waals surface area contributed by atoms with Crippen LogP contribution in [0.15, 0.2) is 29.2 Å². The molecule has 10 heteroatoms. The summed E-state index contributed by atoms with van der Waals surface area (Å²) in [7, 11) is -5.35. The predicted octanol–water partition coefficient (Wildman–Crippen LogP) is 1.48. The lowest BCUT2D eigenvalue weighted by molar-refractivity contribution is -0.0436. The summed E-state index contributed by atoms with van der Waals surface area (Å²) in [4.78, 5) is 1.25. The number of β-amino-alcohol motifs (C(OH)–C–C–N with tert-alkyl or cyclic N) is 1. The number of morpholine rings is 1. The SMILES string of the molecule is CC(O)(CNc1ccc(S(=O)(=O)C(F)(F)F)cc1)CN1CCOCC1. The number of sulfone groups is 1. The number of halogens is 3. The van der Waals surface area contributed by atoms with Crippen molar-refractivity contribution in [3.05, 3.63) is 24.3 Å². The summed E-state index contributed by atoms with van der Waals surface area (Å²) in [6, 6.07) is 4.26. The first kappa shape index (κ1) is 20.0. The van der Waals surface area contributed by atoms with E-state index in [0.29, 0.717) is 25.4 Å². The Kier molecular flexibility index (Phi) is 5.97. The number of aliphatic hydroxyl groups is 1. The molecule has 25 heavy (non-hydrogen) atoms. The summed E-state index contributed by atoms with van der Waals surface area (Å²) in [6.45, 7) is 4.90. The van der Waals surface area contributed by atoms with E-state index >= 15 is 0 Å². The maximum absolute atomic E-state index is 12.5. The minimum atomic E-state index is -5.35. The molecular formula is C15H21F3N2O4S. The molecule has 0 aliphatic carbocycles. The zero-order valence-corrected chi connectivity index (χ0v) is 14.5. The molecule has 0 aromatic heterocycles. The van der Waals surface area contributed by atoms with Crippen LogP contribution in [0.4, 0.5) is 18.9 Å². The monoisotopic (exact) mass is 382 g/mol. The molecule has 0 saturated carbocycles. The molecule has 2 rings (SSSR count). The molecule has 0 radical (unpaired) electrons. The van der Waals surface area contributed by atoms with E-state index in [9.17, 15) is 26.7 Å². The lowest BCUT2D eigenvalue weighted by Gasteiger charge is -2.34. The van der Waals surface area contributed by atoms with Crippen LogP contribution in [0.25, 0.3) is 0 Å². The highest BCUT2D eigenvalue weighted by molar-refractivity contribution is 7.92. The summed E-state index contributed by atoms with van der Waals surface area (Å²) in [5.74, 6) is 0. The molecule has 1 aliphatic rings. The summed E-state index contributed by atoms with van der Waals surface area (Å²) in [5.41, 5.74) is -5.97. The van der Waals surface area contributed by atoms with Gasteiger partial charge in [-0.1, -0.05) is 0 Å². The number of hydrogen-bond donors (Lipinski definition) is 2. The van der Waals surface area contributed by atoms with Gasteiger partial charge in [-0.05, 0) is 31.2 Å². The zero-order valence-electron chi connectivity index (χ0n) is 13.7. The Bertz CT molecular complexity index is 669. The normalized spacial score (nSPS) is 19.4. The molecule has 1 heterocycles. The fraction of sp³-hybridized carbons (Fsp3) is 0.600. The van der Waals surface area contributed by atoms with Crippen molar-refractivity contribution in [1.82, 2.24) is 4.90 Å². The van der Waals surface area contributed by atoms with E-state index in [0.717, 1.165) is 25.2 Å². The predicted molar refractivity (Wildman–Crippen MR) is 86.1 cm³/mol. The number of nitrogens with one attached hydrogen (secondary N) is 1. The Hall–Kier alpha value is -1.36. The second kappa shape index (κ2) is 7.48. The van der Waals surface area contributed by atoms with Crippen LogP contribution in [0, 0.1) is 0 Å². The lowest BCUT2D eigenvalue weighted by Crippen LogP contribution is -2.49. The highest BCUT2D eigenvalue weighted by Crippen LogP contribution is 2.30. The van der Waals surface area contributed by atoms with Crippen LogP contribution in [-0.4, -0.2) is 68.9 Å². The minimum Gasteiger partial charge on any atom is -0.387 e. The van der Waals surface area contributed by atoms with Gasteiger partial charge in [0, 0.05) is 31.9 Å². The van der Waals surface area contributed by atoms with E-state index in [1.54, 1.807) is 6.92 Å². The molecule has 1 aromatic carbocycles. The number of hydrogen-bond acceptors (Lipinski definition) is 6. The van der Waals surface area contributed by atoms with Crippen LogP contribution in [0.2, 0.25) is 0 Å². The number of nitrogens with zero attached hydrogens (tertiary/aromatic N) is 1. The molecule has 142 valence electrons. The molecular weight excluding hydrogens is 361 g/mol. The first-order valence-electron chi connectivity index (χ1n) is 7.69. The molecule has 1 fully saturated rings. The van der Waals surface area contributed by atoms with Crippen LogP contribution in [0.5, 0.6) is 0 Å². The number of rotatable bonds is 6. The maximum atomic E-state index is 12.5. The highest BCUT2D eigenvalue weighted by atomic mass is 32.2. The van der Waals surface area contributed by atoms with Gasteiger partial charge in [0.05, 0.1) is 23.7 Å². The first-order valence-corrected chi connectivity index (χ1v) is 9.17. The van der Waals surface area contributed by atoms with E-state index in [2.05, 4.69) is 10.2 Å². The van der Waals surface area contributed by atoms with Crippen molar-refractivity contribution < 1.29 is 31.4 Å². The fourth-order valence-corrected chi connectivity index (χ4v) is 3.24. The molecule has 6 nitrogen and oxygen atoms in total.